The summed E-state index contributed by atoms with van der Waals surface area (Å²) in [5.74, 6) is -0.863. The number of nitrogens with one attached hydrogen (secondary N) is 1. The summed E-state index contributed by atoms with van der Waals surface area (Å²) >= 11 is 0. The lowest BCUT2D eigenvalue weighted by atomic mass is 9.93. The molecule has 4 aromatic carbocycles. The van der Waals surface area contributed by atoms with Crippen molar-refractivity contribution in [1.29, 1.82) is 0 Å². The Balaban J connectivity index is 1.56. The number of H-pyrrole nitrogens is 1. The van der Waals surface area contributed by atoms with Crippen molar-refractivity contribution in [3.05, 3.63) is 107 Å². The average molecular weight is 518 g/mol. The number of ketones is 1. The van der Waals surface area contributed by atoms with Gasteiger partial charge in [-0.15, -0.1) is 0 Å². The fraction of sp³-hybridized carbons (Fsp3) is 0.156. The van der Waals surface area contributed by atoms with Crippen molar-refractivity contribution in [2.24, 2.45) is 0 Å². The van der Waals surface area contributed by atoms with Gasteiger partial charge in [0.25, 0.3) is 5.78 Å². The number of carbonyl (C=O) groups is 2. The summed E-state index contributed by atoms with van der Waals surface area (Å²) in [6, 6.07) is 25.2. The van der Waals surface area contributed by atoms with Crippen LogP contribution in [-0.2, 0) is 9.59 Å². The number of aromatic amines is 1. The van der Waals surface area contributed by atoms with Crippen molar-refractivity contribution < 1.29 is 19.4 Å². The largest absolute Gasteiger partial charge is 0.507 e. The van der Waals surface area contributed by atoms with Gasteiger partial charge in [-0.1, -0.05) is 60.7 Å². The number of carbonyl (C=O) groups excluding carboxylic acids is 2. The molecule has 1 aliphatic heterocycles. The zero-order valence-corrected chi connectivity index (χ0v) is 21.8. The van der Waals surface area contributed by atoms with E-state index in [1.54, 1.807) is 18.2 Å². The third-order valence-electron chi connectivity index (χ3n) is 6.91. The first kappa shape index (κ1) is 24.4. The highest BCUT2D eigenvalue weighted by atomic mass is 16.5. The van der Waals surface area contributed by atoms with Crippen molar-refractivity contribution in [2.75, 3.05) is 4.90 Å². The number of aryl methyl sites for hydroxylation is 1. The van der Waals surface area contributed by atoms with Crippen molar-refractivity contribution in [2.45, 2.75) is 32.9 Å². The molecule has 1 amide bonds. The molecule has 1 atom stereocenters. The number of nitrogens with zero attached hydrogens (tertiary/aromatic N) is 2. The second-order valence-corrected chi connectivity index (χ2v) is 10.0. The molecule has 0 bridgehead atoms. The van der Waals surface area contributed by atoms with E-state index in [9.17, 15) is 14.7 Å². The zero-order valence-electron chi connectivity index (χ0n) is 21.8. The number of hydrogen-bond acceptors (Lipinski definition) is 5. The van der Waals surface area contributed by atoms with Gasteiger partial charge in [0.2, 0.25) is 5.95 Å². The van der Waals surface area contributed by atoms with Gasteiger partial charge in [-0.3, -0.25) is 14.5 Å². The highest BCUT2D eigenvalue weighted by Crippen LogP contribution is 2.43. The number of rotatable bonds is 5. The molecule has 1 aliphatic rings. The molecule has 7 nitrogen and oxygen atoms in total. The Labute approximate surface area is 225 Å². The second-order valence-electron chi connectivity index (χ2n) is 10.0. The van der Waals surface area contributed by atoms with E-state index in [1.165, 1.54) is 4.90 Å². The third-order valence-corrected chi connectivity index (χ3v) is 6.91. The van der Waals surface area contributed by atoms with Gasteiger partial charge >= 0.3 is 5.91 Å². The molecule has 7 heteroatoms. The SMILES string of the molecule is Cc1ccc2nc(N3C(=O)C(=O)/C(=C(/O)c4cccc5ccccc45)C3c3ccc(OC(C)C)cc3)[nH]c2c1. The van der Waals surface area contributed by atoms with Crippen LogP contribution < -0.4 is 9.64 Å². The average Bonchev–Trinajstić information content (AvgIpc) is 3.45. The van der Waals surface area contributed by atoms with Crippen LogP contribution in [0.25, 0.3) is 27.6 Å². The van der Waals surface area contributed by atoms with Crippen LogP contribution in [-0.4, -0.2) is 32.9 Å². The number of amides is 1. The predicted octanol–water partition coefficient (Wildman–Crippen LogP) is 6.44. The van der Waals surface area contributed by atoms with Crippen molar-refractivity contribution in [3.63, 3.8) is 0 Å². The number of aliphatic hydroxyl groups is 1. The van der Waals surface area contributed by atoms with E-state index in [-0.39, 0.29) is 23.4 Å². The van der Waals surface area contributed by atoms with Crippen LogP contribution in [0.1, 0.15) is 36.6 Å². The minimum Gasteiger partial charge on any atom is -0.507 e. The molecule has 39 heavy (non-hydrogen) atoms. The molecule has 1 saturated heterocycles. The molecule has 0 radical (unpaired) electrons. The van der Waals surface area contributed by atoms with E-state index in [2.05, 4.69) is 9.97 Å². The highest BCUT2D eigenvalue weighted by Gasteiger charge is 2.48. The molecule has 0 spiro atoms. The number of benzene rings is 4. The van der Waals surface area contributed by atoms with E-state index in [4.69, 9.17) is 4.74 Å². The van der Waals surface area contributed by atoms with Gasteiger partial charge in [-0.2, -0.15) is 0 Å². The Hall–Kier alpha value is -4.91. The normalized spacial score (nSPS) is 17.0. The molecular formula is C32H27N3O4. The summed E-state index contributed by atoms with van der Waals surface area (Å²) < 4.78 is 5.80. The van der Waals surface area contributed by atoms with Gasteiger partial charge in [0.1, 0.15) is 11.5 Å². The first-order chi connectivity index (χ1) is 18.8. The van der Waals surface area contributed by atoms with Crippen LogP contribution in [0, 0.1) is 6.92 Å². The van der Waals surface area contributed by atoms with Crippen LogP contribution in [0.3, 0.4) is 0 Å². The quantitative estimate of drug-likeness (QED) is 0.159. The topological polar surface area (TPSA) is 95.5 Å². The maximum Gasteiger partial charge on any atom is 0.302 e. The third kappa shape index (κ3) is 4.22. The predicted molar refractivity (Wildman–Crippen MR) is 152 cm³/mol. The minimum atomic E-state index is -0.904. The fourth-order valence-corrected chi connectivity index (χ4v) is 5.17. The van der Waals surface area contributed by atoms with Crippen molar-refractivity contribution in [1.82, 2.24) is 9.97 Å². The summed E-state index contributed by atoms with van der Waals surface area (Å²) in [4.78, 5) is 36.4. The highest BCUT2D eigenvalue weighted by molar-refractivity contribution is 6.51. The Morgan fingerprint density at radius 1 is 0.974 bits per heavy atom. The van der Waals surface area contributed by atoms with E-state index < -0.39 is 17.7 Å². The molecule has 1 fully saturated rings. The summed E-state index contributed by atoms with van der Waals surface area (Å²) in [7, 11) is 0. The van der Waals surface area contributed by atoms with Crippen LogP contribution in [0.5, 0.6) is 5.75 Å². The van der Waals surface area contributed by atoms with Gasteiger partial charge in [0.05, 0.1) is 28.8 Å². The summed E-state index contributed by atoms with van der Waals surface area (Å²) in [6.07, 6.45) is -0.00754. The molecule has 1 unspecified atom stereocenters. The van der Waals surface area contributed by atoms with E-state index >= 15 is 0 Å². The van der Waals surface area contributed by atoms with Crippen LogP contribution in [0.4, 0.5) is 5.95 Å². The molecule has 6 rings (SSSR count). The summed E-state index contributed by atoms with van der Waals surface area (Å²) in [6.45, 7) is 5.85. The number of hydrogen-bond donors (Lipinski definition) is 2. The van der Waals surface area contributed by atoms with Crippen LogP contribution >= 0.6 is 0 Å². The van der Waals surface area contributed by atoms with Gasteiger partial charge < -0.3 is 14.8 Å². The van der Waals surface area contributed by atoms with Gasteiger partial charge in [0, 0.05) is 5.56 Å². The number of aliphatic hydroxyl groups excluding tert-OH is 1. The lowest BCUT2D eigenvalue weighted by Crippen LogP contribution is -2.30. The Morgan fingerprint density at radius 3 is 2.49 bits per heavy atom. The number of ether oxygens (including phenoxy) is 1. The van der Waals surface area contributed by atoms with Crippen molar-refractivity contribution in [3.8, 4) is 5.75 Å². The minimum absolute atomic E-state index is 0.00511. The van der Waals surface area contributed by atoms with Gasteiger partial charge in [-0.25, -0.2) is 4.98 Å². The smallest absolute Gasteiger partial charge is 0.302 e. The molecule has 0 saturated carbocycles. The number of anilines is 1. The number of aromatic nitrogens is 2. The summed E-state index contributed by atoms with van der Waals surface area (Å²) in [5.41, 5.74) is 3.59. The van der Waals surface area contributed by atoms with Crippen LogP contribution in [0.2, 0.25) is 0 Å². The fourth-order valence-electron chi connectivity index (χ4n) is 5.17. The van der Waals surface area contributed by atoms with E-state index in [0.29, 0.717) is 22.4 Å². The molecule has 5 aromatic rings. The summed E-state index contributed by atoms with van der Waals surface area (Å²) in [5, 5.41) is 13.4. The lowest BCUT2D eigenvalue weighted by Gasteiger charge is -2.23. The van der Waals surface area contributed by atoms with E-state index in [1.807, 2.05) is 87.5 Å². The molecular weight excluding hydrogens is 490 g/mol. The number of imidazole rings is 1. The van der Waals surface area contributed by atoms with Crippen molar-refractivity contribution >= 4 is 45.2 Å². The molecule has 0 aliphatic carbocycles. The Bertz CT molecular complexity index is 1780. The maximum absolute atomic E-state index is 13.6. The zero-order chi connectivity index (χ0) is 27.3. The molecule has 2 heterocycles. The lowest BCUT2D eigenvalue weighted by molar-refractivity contribution is -0.132. The second kappa shape index (κ2) is 9.44. The molecule has 2 N–H and O–H groups in total. The van der Waals surface area contributed by atoms with E-state index in [0.717, 1.165) is 21.9 Å². The number of fused-ring (bicyclic) bond motifs is 2. The Morgan fingerprint density at radius 2 is 1.72 bits per heavy atom. The van der Waals surface area contributed by atoms with Gasteiger partial charge in [-0.05, 0) is 66.9 Å². The monoisotopic (exact) mass is 517 g/mol. The first-order valence-corrected chi connectivity index (χ1v) is 12.8. The molecule has 1 aromatic heterocycles. The maximum atomic E-state index is 13.6. The van der Waals surface area contributed by atoms with Gasteiger partial charge in [0.15, 0.2) is 0 Å². The van der Waals surface area contributed by atoms with Crippen LogP contribution in [0.15, 0.2) is 90.5 Å². The standard InChI is InChI=1S/C32H27N3O4/c1-18(2)39-22-14-12-21(13-15-22)28-27(29(36)24-10-6-8-20-7-4-5-9-23(20)24)30(37)31(38)35(28)32-33-25-16-11-19(3)17-26(25)34-32/h4-18,28,36H,1-3H3,(H,33,34)/b29-27+. The number of Topliss-reactive ketones (excluding diaryl/α,β-unsaturated/α-hetero) is 1. The molecule has 194 valence electrons. The Kier molecular flexibility index (Phi) is 5.91. The first-order valence-electron chi connectivity index (χ1n) is 12.8.